The van der Waals surface area contributed by atoms with Crippen LogP contribution in [0.1, 0.15) is 49.7 Å². The number of piperidine rings is 3. The number of amides is 4. The van der Waals surface area contributed by atoms with Crippen molar-refractivity contribution in [1.82, 2.24) is 23.3 Å². The highest BCUT2D eigenvalue weighted by molar-refractivity contribution is 9.10. The third kappa shape index (κ3) is 8.64. The highest BCUT2D eigenvalue weighted by atomic mass is 79.9. The average molecular weight is 790 g/mol. The van der Waals surface area contributed by atoms with Crippen LogP contribution in [0.15, 0.2) is 46.9 Å². The molecule has 0 spiro atoms. The number of fused-ring (bicyclic) bond motifs is 1. The first-order valence-electron chi connectivity index (χ1n) is 18.0. The van der Waals surface area contributed by atoms with Crippen molar-refractivity contribution in [1.29, 1.82) is 0 Å². The Morgan fingerprint density at radius 1 is 0.922 bits per heavy atom. The molecule has 4 aliphatic heterocycles. The number of likely N-dealkylation sites (tertiary alicyclic amines) is 2. The van der Waals surface area contributed by atoms with E-state index >= 15 is 0 Å². The fourth-order valence-electron chi connectivity index (χ4n) is 7.97. The molecule has 13 nitrogen and oxygen atoms in total. The highest BCUT2D eigenvalue weighted by Crippen LogP contribution is 2.34. The van der Waals surface area contributed by atoms with Crippen LogP contribution in [0.4, 0.5) is 15.3 Å². The van der Waals surface area contributed by atoms with Crippen molar-refractivity contribution in [3.05, 3.63) is 58.1 Å². The van der Waals surface area contributed by atoms with Gasteiger partial charge in [0, 0.05) is 78.1 Å². The van der Waals surface area contributed by atoms with Crippen LogP contribution in [0.5, 0.6) is 5.75 Å². The second kappa shape index (κ2) is 16.1. The SMILES string of the molecule is CN(C)S(=O)(=O)N1CCC(C2CCN(C(=O)[C@@H](Cc3ccc(O)c(Br)c3)OC(=O)N3CCC(N4CCc5ccccc5NC4=O)CC3)CC2)CC1. The molecule has 4 heterocycles. The number of phenols is 1. The fraction of sp³-hybridized carbons (Fsp3) is 0.583. The van der Waals surface area contributed by atoms with E-state index in [-0.39, 0.29) is 30.2 Å². The Morgan fingerprint density at radius 2 is 1.55 bits per heavy atom. The molecule has 4 amide bonds. The van der Waals surface area contributed by atoms with Crippen molar-refractivity contribution in [3.8, 4) is 5.75 Å². The van der Waals surface area contributed by atoms with Crippen LogP contribution < -0.4 is 5.32 Å². The number of halogens is 1. The van der Waals surface area contributed by atoms with Crippen molar-refractivity contribution in [3.63, 3.8) is 0 Å². The van der Waals surface area contributed by atoms with E-state index in [2.05, 4.69) is 21.2 Å². The third-order valence-corrected chi connectivity index (χ3v) is 13.6. The van der Waals surface area contributed by atoms with E-state index in [1.165, 1.54) is 4.31 Å². The first kappa shape index (κ1) is 37.4. The molecule has 0 unspecified atom stereocenters. The summed E-state index contributed by atoms with van der Waals surface area (Å²) in [5.74, 6) is 0.635. The van der Waals surface area contributed by atoms with Gasteiger partial charge in [0.1, 0.15) is 5.75 Å². The Kier molecular flexibility index (Phi) is 11.8. The molecule has 278 valence electrons. The van der Waals surface area contributed by atoms with Crippen molar-refractivity contribution in [2.45, 2.75) is 63.5 Å². The molecule has 15 heteroatoms. The van der Waals surface area contributed by atoms with Crippen molar-refractivity contribution >= 4 is 49.9 Å². The largest absolute Gasteiger partial charge is 0.507 e. The molecule has 3 fully saturated rings. The van der Waals surface area contributed by atoms with E-state index in [0.29, 0.717) is 75.0 Å². The van der Waals surface area contributed by atoms with E-state index < -0.39 is 22.4 Å². The number of aromatic hydroxyl groups is 1. The zero-order valence-electron chi connectivity index (χ0n) is 29.4. The third-order valence-electron chi connectivity index (χ3n) is 11.1. The highest BCUT2D eigenvalue weighted by Gasteiger charge is 2.38. The second-order valence-corrected chi connectivity index (χ2v) is 17.3. The lowest BCUT2D eigenvalue weighted by Crippen LogP contribution is -2.52. The summed E-state index contributed by atoms with van der Waals surface area (Å²) in [6.07, 6.45) is 3.76. The molecular weight excluding hydrogens is 740 g/mol. The average Bonchev–Trinajstić information content (AvgIpc) is 3.30. The maximum atomic E-state index is 14.0. The lowest BCUT2D eigenvalue weighted by Gasteiger charge is -2.41. The monoisotopic (exact) mass is 788 g/mol. The van der Waals surface area contributed by atoms with Gasteiger partial charge in [-0.3, -0.25) is 4.79 Å². The van der Waals surface area contributed by atoms with E-state index in [1.54, 1.807) is 46.4 Å². The summed E-state index contributed by atoms with van der Waals surface area (Å²) < 4.78 is 34.5. The van der Waals surface area contributed by atoms with E-state index in [1.807, 2.05) is 29.2 Å². The molecule has 51 heavy (non-hydrogen) atoms. The first-order valence-corrected chi connectivity index (χ1v) is 20.1. The number of anilines is 1. The number of ether oxygens (including phenoxy) is 1. The zero-order valence-corrected chi connectivity index (χ0v) is 31.8. The number of phenolic OH excluding ortho intramolecular Hbond substituents is 1. The van der Waals surface area contributed by atoms with Crippen LogP contribution in [-0.4, -0.2) is 127 Å². The number of hydrogen-bond acceptors (Lipinski definition) is 7. The van der Waals surface area contributed by atoms with Crippen LogP contribution in [0, 0.1) is 11.8 Å². The maximum Gasteiger partial charge on any atom is 0.410 e. The summed E-state index contributed by atoms with van der Waals surface area (Å²) in [7, 11) is -0.311. The van der Waals surface area contributed by atoms with Gasteiger partial charge in [0.05, 0.1) is 4.47 Å². The Bertz CT molecular complexity index is 1690. The normalized spacial score (nSPS) is 20.9. The summed E-state index contributed by atoms with van der Waals surface area (Å²) in [6.45, 7) is 3.51. The minimum absolute atomic E-state index is 0.0129. The quantitative estimate of drug-likeness (QED) is 0.401. The number of carbonyl (C=O) groups excluding carboxylic acids is 3. The van der Waals surface area contributed by atoms with Gasteiger partial charge >= 0.3 is 12.1 Å². The number of para-hydroxylation sites is 1. The first-order chi connectivity index (χ1) is 24.4. The lowest BCUT2D eigenvalue weighted by molar-refractivity contribution is -0.142. The molecule has 0 aliphatic carbocycles. The van der Waals surface area contributed by atoms with Crippen molar-refractivity contribution in [2.24, 2.45) is 11.8 Å². The van der Waals surface area contributed by atoms with Gasteiger partial charge in [0.25, 0.3) is 16.1 Å². The van der Waals surface area contributed by atoms with Gasteiger partial charge in [-0.15, -0.1) is 0 Å². The van der Waals surface area contributed by atoms with Crippen LogP contribution in [0.3, 0.4) is 0 Å². The van der Waals surface area contributed by atoms with Crippen LogP contribution >= 0.6 is 15.9 Å². The molecule has 0 saturated carbocycles. The number of carbonyl (C=O) groups is 3. The molecule has 3 saturated heterocycles. The van der Waals surface area contributed by atoms with E-state index in [9.17, 15) is 27.9 Å². The molecule has 0 bridgehead atoms. The van der Waals surface area contributed by atoms with Crippen molar-refractivity contribution in [2.75, 3.05) is 65.2 Å². The number of nitrogens with one attached hydrogen (secondary N) is 1. The van der Waals surface area contributed by atoms with Gasteiger partial charge in [-0.05, 0) is 102 Å². The van der Waals surface area contributed by atoms with Crippen LogP contribution in [0.2, 0.25) is 0 Å². The lowest BCUT2D eigenvalue weighted by atomic mass is 9.79. The van der Waals surface area contributed by atoms with Gasteiger partial charge in [0.15, 0.2) is 6.10 Å². The molecule has 2 aromatic rings. The fourth-order valence-corrected chi connectivity index (χ4v) is 9.53. The summed E-state index contributed by atoms with van der Waals surface area (Å²) in [5, 5.41) is 13.1. The number of benzene rings is 2. The summed E-state index contributed by atoms with van der Waals surface area (Å²) >= 11 is 3.35. The van der Waals surface area contributed by atoms with Gasteiger partial charge in [-0.25, -0.2) is 9.59 Å². The Balaban J connectivity index is 1.05. The minimum Gasteiger partial charge on any atom is -0.507 e. The number of urea groups is 1. The molecule has 4 aliphatic rings. The summed E-state index contributed by atoms with van der Waals surface area (Å²) in [6, 6.07) is 12.7. The Morgan fingerprint density at radius 3 is 2.20 bits per heavy atom. The molecular formula is C36H49BrN6O7S. The molecule has 0 aromatic heterocycles. The van der Waals surface area contributed by atoms with E-state index in [0.717, 1.165) is 48.9 Å². The second-order valence-electron chi connectivity index (χ2n) is 14.3. The van der Waals surface area contributed by atoms with E-state index in [4.69, 9.17) is 4.74 Å². The van der Waals surface area contributed by atoms with Crippen LogP contribution in [-0.2, 0) is 32.6 Å². The minimum atomic E-state index is -3.42. The van der Waals surface area contributed by atoms with Gasteiger partial charge < -0.3 is 29.9 Å². The number of hydrogen-bond donors (Lipinski definition) is 2. The Hall–Kier alpha value is -3.40. The number of rotatable bonds is 8. The standard InChI is InChI=1S/C36H49BrN6O7S/c1-39(2)51(48,49)42-20-11-27(12-21-42)26-9-16-40(17-10-26)34(45)33(24-25-7-8-32(44)30(37)23-25)50-36(47)41-18-14-29(15-19-41)43-22-13-28-5-3-4-6-31(28)38-35(43)46/h3-8,23,26-27,29,33,44H,9-22,24H2,1-2H3,(H,38,46)/t33-/m1/s1. The number of nitrogens with zero attached hydrogens (tertiary/aromatic N) is 5. The smallest absolute Gasteiger partial charge is 0.410 e. The molecule has 6 rings (SSSR count). The Labute approximate surface area is 309 Å². The molecule has 1 atom stereocenters. The van der Waals surface area contributed by atoms with Gasteiger partial charge in [-0.1, -0.05) is 24.3 Å². The zero-order chi connectivity index (χ0) is 36.3. The molecule has 2 N–H and O–H groups in total. The topological polar surface area (TPSA) is 143 Å². The summed E-state index contributed by atoms with van der Waals surface area (Å²) in [5.41, 5.74) is 2.69. The predicted molar refractivity (Wildman–Crippen MR) is 196 cm³/mol. The molecule has 2 aromatic carbocycles. The van der Waals surface area contributed by atoms with Gasteiger partial charge in [-0.2, -0.15) is 17.0 Å². The molecule has 0 radical (unpaired) electrons. The van der Waals surface area contributed by atoms with Crippen molar-refractivity contribution < 1.29 is 32.6 Å². The predicted octanol–water partition coefficient (Wildman–Crippen LogP) is 4.51. The van der Waals surface area contributed by atoms with Gasteiger partial charge in [0.2, 0.25) is 0 Å². The van der Waals surface area contributed by atoms with Crippen LogP contribution in [0.25, 0.3) is 0 Å². The summed E-state index contributed by atoms with van der Waals surface area (Å²) in [4.78, 5) is 46.0. The maximum absolute atomic E-state index is 14.0.